The molecular formula is C12H18N2O2. The van der Waals surface area contributed by atoms with E-state index in [9.17, 15) is 4.79 Å². The molecule has 16 heavy (non-hydrogen) atoms. The van der Waals surface area contributed by atoms with Crippen molar-refractivity contribution in [2.45, 2.75) is 25.4 Å². The number of aliphatic carboxylic acids is 1. The monoisotopic (exact) mass is 222 g/mol. The van der Waals surface area contributed by atoms with Gasteiger partial charge < -0.3 is 16.2 Å². The first-order valence-electron chi connectivity index (χ1n) is 5.34. The number of nitrogens with two attached hydrogens (primary N) is 1. The van der Waals surface area contributed by atoms with Gasteiger partial charge in [0.25, 0.3) is 0 Å². The molecule has 0 saturated carbocycles. The van der Waals surface area contributed by atoms with Crippen LogP contribution in [0, 0.1) is 0 Å². The van der Waals surface area contributed by atoms with E-state index < -0.39 is 18.1 Å². The summed E-state index contributed by atoms with van der Waals surface area (Å²) >= 11 is 0. The lowest BCUT2D eigenvalue weighted by molar-refractivity contribution is -0.139. The van der Waals surface area contributed by atoms with Crippen LogP contribution < -0.4 is 11.1 Å². The summed E-state index contributed by atoms with van der Waals surface area (Å²) in [5.74, 6) is -0.936. The molecule has 0 heterocycles. The van der Waals surface area contributed by atoms with E-state index in [1.165, 1.54) is 5.56 Å². The van der Waals surface area contributed by atoms with Crippen LogP contribution in [0.5, 0.6) is 0 Å². The average molecular weight is 222 g/mol. The van der Waals surface area contributed by atoms with Gasteiger partial charge in [0.05, 0.1) is 6.04 Å². The number of rotatable bonds is 5. The Morgan fingerprint density at radius 3 is 2.38 bits per heavy atom. The Morgan fingerprint density at radius 2 is 2.00 bits per heavy atom. The van der Waals surface area contributed by atoms with Gasteiger partial charge in [0.2, 0.25) is 0 Å². The quantitative estimate of drug-likeness (QED) is 0.692. The summed E-state index contributed by atoms with van der Waals surface area (Å²) in [5, 5.41) is 11.7. The van der Waals surface area contributed by atoms with E-state index in [4.69, 9.17) is 10.8 Å². The van der Waals surface area contributed by atoms with E-state index >= 15 is 0 Å². The Labute approximate surface area is 95.5 Å². The van der Waals surface area contributed by atoms with Gasteiger partial charge in [0, 0.05) is 0 Å². The van der Waals surface area contributed by atoms with Crippen molar-refractivity contribution >= 4 is 5.97 Å². The molecule has 1 aromatic carbocycles. The van der Waals surface area contributed by atoms with Crippen molar-refractivity contribution < 1.29 is 9.90 Å². The number of hydrogen-bond donors (Lipinski definition) is 3. The fourth-order valence-corrected chi connectivity index (χ4v) is 1.62. The molecule has 2 unspecified atom stereocenters. The molecule has 88 valence electrons. The Morgan fingerprint density at radius 1 is 1.44 bits per heavy atom. The summed E-state index contributed by atoms with van der Waals surface area (Å²) in [6.07, 6.45) is 0.962. The van der Waals surface area contributed by atoms with Crippen LogP contribution in [0.25, 0.3) is 0 Å². The molecule has 0 aromatic heterocycles. The van der Waals surface area contributed by atoms with Crippen molar-refractivity contribution in [3.05, 3.63) is 35.4 Å². The molecule has 0 aliphatic heterocycles. The van der Waals surface area contributed by atoms with Crippen LogP contribution in [-0.2, 0) is 11.2 Å². The lowest BCUT2D eigenvalue weighted by Crippen LogP contribution is -2.43. The van der Waals surface area contributed by atoms with Crippen LogP contribution in [0.15, 0.2) is 24.3 Å². The van der Waals surface area contributed by atoms with Crippen molar-refractivity contribution in [3.63, 3.8) is 0 Å². The third kappa shape index (κ3) is 2.81. The van der Waals surface area contributed by atoms with Crippen LogP contribution in [0.1, 0.15) is 24.1 Å². The van der Waals surface area contributed by atoms with Crippen molar-refractivity contribution in [3.8, 4) is 0 Å². The van der Waals surface area contributed by atoms with Crippen LogP contribution >= 0.6 is 0 Å². The molecule has 2 atom stereocenters. The van der Waals surface area contributed by atoms with Crippen molar-refractivity contribution in [2.24, 2.45) is 5.73 Å². The van der Waals surface area contributed by atoms with Gasteiger partial charge in [-0.2, -0.15) is 0 Å². The van der Waals surface area contributed by atoms with Crippen molar-refractivity contribution in [2.75, 3.05) is 7.05 Å². The Balaban J connectivity index is 2.86. The zero-order chi connectivity index (χ0) is 12.1. The van der Waals surface area contributed by atoms with Gasteiger partial charge in [-0.25, -0.2) is 0 Å². The maximum Gasteiger partial charge on any atom is 0.322 e. The molecule has 0 aliphatic rings. The molecule has 4 N–H and O–H groups in total. The van der Waals surface area contributed by atoms with Crippen LogP contribution in [0.3, 0.4) is 0 Å². The third-order valence-corrected chi connectivity index (χ3v) is 2.71. The highest BCUT2D eigenvalue weighted by Crippen LogP contribution is 2.15. The number of benzene rings is 1. The highest BCUT2D eigenvalue weighted by molar-refractivity contribution is 5.74. The second-order valence-corrected chi connectivity index (χ2v) is 3.73. The molecular weight excluding hydrogens is 204 g/mol. The van der Waals surface area contributed by atoms with E-state index in [0.717, 1.165) is 12.0 Å². The van der Waals surface area contributed by atoms with Crippen LogP contribution in [-0.4, -0.2) is 24.2 Å². The van der Waals surface area contributed by atoms with Gasteiger partial charge in [-0.15, -0.1) is 0 Å². The molecule has 0 saturated heterocycles. The fraction of sp³-hybridized carbons (Fsp3) is 0.417. The standard InChI is InChI=1S/C12H18N2O2/c1-3-8-4-6-9(7-5-8)10(13)11(14-2)12(15)16/h4-7,10-11,14H,3,13H2,1-2H3,(H,15,16). The molecule has 0 bridgehead atoms. The van der Waals surface area contributed by atoms with E-state index in [2.05, 4.69) is 12.2 Å². The first-order valence-corrected chi connectivity index (χ1v) is 5.34. The number of hydrogen-bond acceptors (Lipinski definition) is 3. The van der Waals surface area contributed by atoms with Gasteiger partial charge >= 0.3 is 5.97 Å². The van der Waals surface area contributed by atoms with Crippen LogP contribution in [0.4, 0.5) is 0 Å². The maximum atomic E-state index is 10.9. The van der Waals surface area contributed by atoms with Gasteiger partial charge in [0.1, 0.15) is 6.04 Å². The third-order valence-electron chi connectivity index (χ3n) is 2.71. The summed E-state index contributed by atoms with van der Waals surface area (Å²) < 4.78 is 0. The zero-order valence-corrected chi connectivity index (χ0v) is 9.60. The second-order valence-electron chi connectivity index (χ2n) is 3.73. The summed E-state index contributed by atoms with van der Waals surface area (Å²) in [4.78, 5) is 10.9. The summed E-state index contributed by atoms with van der Waals surface area (Å²) in [6, 6.07) is 6.43. The van der Waals surface area contributed by atoms with Crippen molar-refractivity contribution in [1.82, 2.24) is 5.32 Å². The smallest absolute Gasteiger partial charge is 0.322 e. The predicted octanol–water partition coefficient (Wildman–Crippen LogP) is 0.921. The normalized spacial score (nSPS) is 14.4. The summed E-state index contributed by atoms with van der Waals surface area (Å²) in [5.41, 5.74) is 7.95. The van der Waals surface area contributed by atoms with E-state index in [1.807, 2.05) is 24.3 Å². The molecule has 1 aromatic rings. The fourth-order valence-electron chi connectivity index (χ4n) is 1.62. The van der Waals surface area contributed by atoms with E-state index in [0.29, 0.717) is 0 Å². The topological polar surface area (TPSA) is 75.3 Å². The van der Waals surface area contributed by atoms with Gasteiger partial charge in [-0.3, -0.25) is 4.79 Å². The number of nitrogens with one attached hydrogen (secondary N) is 1. The second kappa shape index (κ2) is 5.63. The Bertz CT molecular complexity index is 349. The first-order chi connectivity index (χ1) is 7.60. The molecule has 0 amide bonds. The number of carboxylic acid groups (broad SMARTS) is 1. The number of likely N-dealkylation sites (N-methyl/N-ethyl adjacent to an activating group) is 1. The molecule has 0 spiro atoms. The molecule has 4 heteroatoms. The lowest BCUT2D eigenvalue weighted by atomic mass is 9.99. The van der Waals surface area contributed by atoms with Crippen molar-refractivity contribution in [1.29, 1.82) is 0 Å². The molecule has 0 fully saturated rings. The molecule has 0 radical (unpaired) electrons. The Kier molecular flexibility index (Phi) is 4.46. The highest BCUT2D eigenvalue weighted by atomic mass is 16.4. The zero-order valence-electron chi connectivity index (χ0n) is 9.60. The average Bonchev–Trinajstić information content (AvgIpc) is 2.29. The minimum absolute atomic E-state index is 0.534. The maximum absolute atomic E-state index is 10.9. The SMILES string of the molecule is CCc1ccc(C(N)C(NC)C(=O)O)cc1. The number of aryl methyl sites for hydroxylation is 1. The van der Waals surface area contributed by atoms with Gasteiger partial charge in [0.15, 0.2) is 0 Å². The van der Waals surface area contributed by atoms with Gasteiger partial charge in [-0.05, 0) is 24.6 Å². The minimum Gasteiger partial charge on any atom is -0.480 e. The largest absolute Gasteiger partial charge is 0.480 e. The van der Waals surface area contributed by atoms with Gasteiger partial charge in [-0.1, -0.05) is 31.2 Å². The first kappa shape index (κ1) is 12.7. The predicted molar refractivity (Wildman–Crippen MR) is 63.2 cm³/mol. The van der Waals surface area contributed by atoms with E-state index in [-0.39, 0.29) is 0 Å². The highest BCUT2D eigenvalue weighted by Gasteiger charge is 2.24. The number of carbonyl (C=O) groups is 1. The summed E-state index contributed by atoms with van der Waals surface area (Å²) in [7, 11) is 1.60. The van der Waals surface area contributed by atoms with E-state index in [1.54, 1.807) is 7.05 Å². The molecule has 0 aliphatic carbocycles. The lowest BCUT2D eigenvalue weighted by Gasteiger charge is -2.19. The summed E-state index contributed by atoms with van der Waals surface area (Å²) in [6.45, 7) is 2.07. The Hall–Kier alpha value is -1.39. The molecule has 4 nitrogen and oxygen atoms in total. The molecule has 1 rings (SSSR count). The van der Waals surface area contributed by atoms with Crippen LogP contribution in [0.2, 0.25) is 0 Å². The number of carboxylic acids is 1. The minimum atomic E-state index is -0.936.